The highest BCUT2D eigenvalue weighted by Crippen LogP contribution is 2.69. The van der Waals surface area contributed by atoms with Gasteiger partial charge < -0.3 is 19.9 Å². The summed E-state index contributed by atoms with van der Waals surface area (Å²) >= 11 is 0. The number of hydrogen-bond acceptors (Lipinski definition) is 7. The van der Waals surface area contributed by atoms with Crippen molar-refractivity contribution in [3.8, 4) is 5.75 Å². The molecule has 2 aromatic rings. The van der Waals surface area contributed by atoms with E-state index in [0.717, 1.165) is 94.8 Å². The minimum absolute atomic E-state index is 0. The molecular formula is C52H73NO7. The van der Waals surface area contributed by atoms with E-state index in [2.05, 4.69) is 26.0 Å². The number of rotatable bonds is 2. The number of ether oxygens (including phenoxy) is 3. The number of aryl methyl sites for hydroxylation is 1. The average Bonchev–Trinajstić information content (AvgIpc) is 3.65. The summed E-state index contributed by atoms with van der Waals surface area (Å²) in [5.41, 5.74) is 9.66. The van der Waals surface area contributed by atoms with E-state index in [0.29, 0.717) is 47.5 Å². The van der Waals surface area contributed by atoms with Crippen LogP contribution in [0.1, 0.15) is 196 Å². The molecule has 60 heavy (non-hydrogen) atoms. The molecule has 8 heteroatoms. The fraction of sp³-hybridized carbons (Fsp3) is 0.692. The first-order valence-corrected chi connectivity index (χ1v) is 22.5. The highest BCUT2D eigenvalue weighted by Gasteiger charge is 2.67. The Balaban J connectivity index is 0.000000176. The van der Waals surface area contributed by atoms with Crippen LogP contribution < -0.4 is 10.5 Å². The monoisotopic (exact) mass is 824 g/mol. The van der Waals surface area contributed by atoms with Crippen LogP contribution in [0.5, 0.6) is 5.75 Å². The molecular weight excluding hydrogens is 751 g/mol. The Morgan fingerprint density at radius 3 is 1.72 bits per heavy atom. The van der Waals surface area contributed by atoms with Gasteiger partial charge >= 0.3 is 11.9 Å². The first-order valence-electron chi connectivity index (χ1n) is 22.5. The maximum atomic E-state index is 13.1. The van der Waals surface area contributed by atoms with Crippen LogP contribution in [0.3, 0.4) is 0 Å². The number of carbonyl (C=O) groups excluding carboxylic acids is 4. The van der Waals surface area contributed by atoms with Crippen molar-refractivity contribution in [3.63, 3.8) is 0 Å². The third-order valence-electron chi connectivity index (χ3n) is 18.4. The minimum atomic E-state index is -0.379. The molecule has 6 aliphatic carbocycles. The van der Waals surface area contributed by atoms with Crippen LogP contribution in [0, 0.1) is 45.3 Å². The number of ketones is 1. The second-order valence-electron chi connectivity index (χ2n) is 21.7. The lowest BCUT2D eigenvalue weighted by Crippen LogP contribution is -2.57. The Morgan fingerprint density at radius 2 is 1.18 bits per heavy atom. The van der Waals surface area contributed by atoms with E-state index >= 15 is 0 Å². The molecule has 6 fully saturated rings. The molecule has 2 saturated heterocycles. The van der Waals surface area contributed by atoms with Crippen LogP contribution in [0.15, 0.2) is 36.4 Å². The minimum Gasteiger partial charge on any atom is -0.497 e. The van der Waals surface area contributed by atoms with Gasteiger partial charge in [0.2, 0.25) is 5.91 Å². The Kier molecular flexibility index (Phi) is 11.1. The number of nitrogens with two attached hydrogens (primary N) is 1. The number of carbonyl (C=O) groups is 4. The van der Waals surface area contributed by atoms with Crippen molar-refractivity contribution in [3.05, 3.63) is 64.2 Å². The zero-order valence-corrected chi connectivity index (χ0v) is 36.0. The van der Waals surface area contributed by atoms with Gasteiger partial charge in [-0.1, -0.05) is 40.8 Å². The first-order chi connectivity index (χ1) is 27.4. The Labute approximate surface area is 359 Å². The van der Waals surface area contributed by atoms with Gasteiger partial charge in [0.15, 0.2) is 5.78 Å². The quantitative estimate of drug-likeness (QED) is 0.299. The summed E-state index contributed by atoms with van der Waals surface area (Å²) in [5.74, 6) is 3.66. The van der Waals surface area contributed by atoms with Gasteiger partial charge in [-0.2, -0.15) is 0 Å². The van der Waals surface area contributed by atoms with Crippen molar-refractivity contribution in [2.24, 2.45) is 51.1 Å². The molecule has 4 saturated carbocycles. The van der Waals surface area contributed by atoms with Gasteiger partial charge in [-0.15, -0.1) is 0 Å². The van der Waals surface area contributed by atoms with E-state index in [-0.39, 0.29) is 71.3 Å². The SMILES string of the molecule is C.C.CC1(C)CC[C@@]2(CCC3C4CCc5cc(C(N)=O)ccc5C4CC[C@@]32C)OC1=O.COc1ccc2c(c1)C(=O)CC1C2CC[C@@]2(C)C1CC[C@@]21CCC(C)(C)C(=O)O1. The molecule has 0 bridgehead atoms. The highest BCUT2D eigenvalue weighted by atomic mass is 16.6. The second-order valence-corrected chi connectivity index (χ2v) is 21.7. The maximum absolute atomic E-state index is 13.1. The lowest BCUT2D eigenvalue weighted by Gasteiger charge is -2.56. The van der Waals surface area contributed by atoms with Crippen molar-refractivity contribution in [1.29, 1.82) is 0 Å². The van der Waals surface area contributed by atoms with Gasteiger partial charge in [-0.3, -0.25) is 19.2 Å². The maximum Gasteiger partial charge on any atom is 0.312 e. The lowest BCUT2D eigenvalue weighted by molar-refractivity contribution is -0.206. The Bertz CT molecular complexity index is 2070. The lowest BCUT2D eigenvalue weighted by atomic mass is 9.52. The van der Waals surface area contributed by atoms with E-state index in [1.54, 1.807) is 7.11 Å². The van der Waals surface area contributed by atoms with Crippen LogP contribution in [0.4, 0.5) is 0 Å². The van der Waals surface area contributed by atoms with Gasteiger partial charge in [-0.05, 0) is 194 Å². The summed E-state index contributed by atoms with van der Waals surface area (Å²) in [5, 5.41) is 0. The molecule has 0 radical (unpaired) electrons. The predicted octanol–water partition coefficient (Wildman–Crippen LogP) is 11.3. The van der Waals surface area contributed by atoms with Crippen LogP contribution in [0.25, 0.3) is 0 Å². The van der Waals surface area contributed by atoms with Gasteiger partial charge in [0.05, 0.1) is 17.9 Å². The van der Waals surface area contributed by atoms with Crippen molar-refractivity contribution in [2.45, 2.75) is 176 Å². The van der Waals surface area contributed by atoms with Gasteiger partial charge in [-0.25, -0.2) is 0 Å². The molecule has 8 aliphatic rings. The molecule has 2 aliphatic heterocycles. The van der Waals surface area contributed by atoms with Crippen LogP contribution in [-0.4, -0.2) is 41.9 Å². The van der Waals surface area contributed by atoms with E-state index in [4.69, 9.17) is 19.9 Å². The van der Waals surface area contributed by atoms with Crippen molar-refractivity contribution >= 4 is 23.6 Å². The fourth-order valence-corrected chi connectivity index (χ4v) is 14.6. The molecule has 328 valence electrons. The van der Waals surface area contributed by atoms with Gasteiger partial charge in [0, 0.05) is 28.4 Å². The van der Waals surface area contributed by atoms with Crippen LogP contribution in [0.2, 0.25) is 0 Å². The van der Waals surface area contributed by atoms with Crippen molar-refractivity contribution < 1.29 is 33.4 Å². The number of primary amides is 1. The number of hydrogen-bond donors (Lipinski definition) is 1. The Hall–Kier alpha value is -3.68. The molecule has 2 spiro atoms. The topological polar surface area (TPSA) is 122 Å². The number of amides is 1. The second kappa shape index (κ2) is 15.0. The third-order valence-corrected chi connectivity index (χ3v) is 18.4. The molecule has 2 N–H and O–H groups in total. The van der Waals surface area contributed by atoms with Crippen LogP contribution >= 0.6 is 0 Å². The first kappa shape index (κ1) is 44.4. The predicted molar refractivity (Wildman–Crippen MR) is 235 cm³/mol. The zero-order valence-electron chi connectivity index (χ0n) is 36.0. The Morgan fingerprint density at radius 1 is 0.650 bits per heavy atom. The molecule has 2 heterocycles. The molecule has 2 aromatic carbocycles. The number of esters is 2. The average molecular weight is 824 g/mol. The molecule has 10 rings (SSSR count). The molecule has 1 amide bonds. The van der Waals surface area contributed by atoms with Gasteiger partial charge in [0.25, 0.3) is 0 Å². The third kappa shape index (κ3) is 6.40. The number of fused-ring (bicyclic) bond motifs is 12. The summed E-state index contributed by atoms with van der Waals surface area (Å²) in [6, 6.07) is 12.1. The molecule has 0 aromatic heterocycles. The summed E-state index contributed by atoms with van der Waals surface area (Å²) in [7, 11) is 1.65. The smallest absolute Gasteiger partial charge is 0.312 e. The number of Topliss-reactive ketones (excluding diaryl/α,β-unsaturated/α-hetero) is 1. The number of methoxy groups -OCH3 is 1. The highest BCUT2D eigenvalue weighted by molar-refractivity contribution is 5.99. The molecule has 6 unspecified atom stereocenters. The normalized spacial score (nSPS) is 38.7. The largest absolute Gasteiger partial charge is 0.497 e. The van der Waals surface area contributed by atoms with E-state index in [9.17, 15) is 19.2 Å². The summed E-state index contributed by atoms with van der Waals surface area (Å²) < 4.78 is 18.0. The van der Waals surface area contributed by atoms with Crippen LogP contribution in [-0.2, 0) is 25.5 Å². The van der Waals surface area contributed by atoms with Crippen molar-refractivity contribution in [2.75, 3.05) is 7.11 Å². The van der Waals surface area contributed by atoms with E-state index in [1.807, 2.05) is 52.0 Å². The summed E-state index contributed by atoms with van der Waals surface area (Å²) in [4.78, 5) is 50.2. The summed E-state index contributed by atoms with van der Waals surface area (Å²) in [6.45, 7) is 12.8. The van der Waals surface area contributed by atoms with Gasteiger partial charge in [0.1, 0.15) is 17.0 Å². The standard InChI is InChI=1S/C25H33NO3.C25H32O4.2CH4/c1-23(2)12-13-25(29-22(23)28)11-9-20-19-7-4-15-14-16(21(26)27)5-6-17(15)18(19)8-10-24(20,25)3;1-23(2)11-12-25(29-22(23)27)10-8-20-18-14-21(26)19-13-15(28-4)5-6-16(19)17(18)7-9-24(20,25)3;;/h5-6,14,18-20H,4,7-13H2,1-3H3,(H2,26,27);5-6,13,17-18,20H,7-12,14H2,1-4H3;2*1H4/t18?,19?,20?,24-,25+;17?,18?,20?,24-,25+;;/m00../s1. The zero-order chi connectivity index (χ0) is 41.2. The molecule has 8 nitrogen and oxygen atoms in total. The fourth-order valence-electron chi connectivity index (χ4n) is 14.6. The van der Waals surface area contributed by atoms with E-state index in [1.165, 1.54) is 23.1 Å². The molecule has 10 atom stereocenters. The summed E-state index contributed by atoms with van der Waals surface area (Å²) in [6.07, 6.45) is 15.2. The number of benzene rings is 2. The van der Waals surface area contributed by atoms with Crippen molar-refractivity contribution in [1.82, 2.24) is 0 Å². The van der Waals surface area contributed by atoms with E-state index < -0.39 is 0 Å².